The fourth-order valence-electron chi connectivity index (χ4n) is 2.49. The summed E-state index contributed by atoms with van der Waals surface area (Å²) in [4.78, 5) is 0. The lowest BCUT2D eigenvalue weighted by Crippen LogP contribution is -1.81. The average Bonchev–Trinajstić information content (AvgIpc) is 2.72. The lowest BCUT2D eigenvalue weighted by atomic mass is 10.1. The van der Waals surface area contributed by atoms with E-state index >= 15 is 0 Å². The summed E-state index contributed by atoms with van der Waals surface area (Å²) in [5.41, 5.74) is 5.17. The van der Waals surface area contributed by atoms with Crippen molar-refractivity contribution in [3.63, 3.8) is 0 Å². The Morgan fingerprint density at radius 1 is 0.615 bits per heavy atom. The van der Waals surface area contributed by atoms with Gasteiger partial charge in [-0.3, -0.25) is 0 Å². The molecule has 0 aliphatic carbocycles. The summed E-state index contributed by atoms with van der Waals surface area (Å²) >= 11 is 0. The Balaban J connectivity index is 1.64. The molecule has 0 unspecified atom stereocenters. The molecule has 0 N–H and O–H groups in total. The quantitative estimate of drug-likeness (QED) is 0.542. The van der Waals surface area contributed by atoms with E-state index in [1.165, 1.54) is 0 Å². The molecule has 0 fully saturated rings. The van der Waals surface area contributed by atoms with Crippen LogP contribution in [0.4, 0.5) is 0 Å². The lowest BCUT2D eigenvalue weighted by molar-refractivity contribution is 0.415. The molecule has 0 saturated carbocycles. The fraction of sp³-hybridized carbons (Fsp3) is 0.0417. The Kier molecular flexibility index (Phi) is 5.65. The number of rotatable bonds is 5. The van der Waals surface area contributed by atoms with Crippen LogP contribution in [0.25, 0.3) is 24.3 Å². The molecule has 3 aromatic carbocycles. The maximum absolute atomic E-state index is 8.82. The molecule has 0 saturated heterocycles. The molecule has 26 heavy (non-hydrogen) atoms. The summed E-state index contributed by atoms with van der Waals surface area (Å²) in [6, 6.07) is 26.0. The number of ether oxygens (including phenoxy) is 1. The second-order valence-corrected chi connectivity index (χ2v) is 5.84. The topological polar surface area (TPSA) is 33.0 Å². The SMILES string of the molecule is COc1ccc(/C=C/c2ccc(/C=C/c3ccc(C#N)cc3)cc2)cc1. The molecule has 0 bridgehead atoms. The Morgan fingerprint density at radius 2 is 0.962 bits per heavy atom. The van der Waals surface area contributed by atoms with Gasteiger partial charge in [-0.25, -0.2) is 0 Å². The first-order valence-electron chi connectivity index (χ1n) is 8.37. The monoisotopic (exact) mass is 337 g/mol. The maximum atomic E-state index is 8.82. The van der Waals surface area contributed by atoms with Gasteiger partial charge in [-0.1, -0.05) is 72.8 Å². The van der Waals surface area contributed by atoms with Gasteiger partial charge in [0.05, 0.1) is 18.7 Å². The standard InChI is InChI=1S/C24H19NO/c1-26-24-16-14-22(15-17-24)9-8-20-4-2-19(3-5-20)6-7-21-10-12-23(18-25)13-11-21/h2-17H,1H3/b7-6+,9-8+. The summed E-state index contributed by atoms with van der Waals surface area (Å²) in [7, 11) is 1.67. The van der Waals surface area contributed by atoms with Crippen molar-refractivity contribution < 1.29 is 4.74 Å². The fourth-order valence-corrected chi connectivity index (χ4v) is 2.49. The average molecular weight is 337 g/mol. The number of methoxy groups -OCH3 is 1. The summed E-state index contributed by atoms with van der Waals surface area (Å²) in [5.74, 6) is 0.862. The van der Waals surface area contributed by atoms with Crippen molar-refractivity contribution in [2.75, 3.05) is 7.11 Å². The van der Waals surface area contributed by atoms with Crippen LogP contribution in [-0.4, -0.2) is 7.11 Å². The number of nitrogens with zero attached hydrogens (tertiary/aromatic N) is 1. The molecule has 2 nitrogen and oxygen atoms in total. The molecule has 0 radical (unpaired) electrons. The van der Waals surface area contributed by atoms with Crippen molar-refractivity contribution in [3.8, 4) is 11.8 Å². The van der Waals surface area contributed by atoms with Gasteiger partial charge in [-0.15, -0.1) is 0 Å². The summed E-state index contributed by atoms with van der Waals surface area (Å²) in [6.07, 6.45) is 8.29. The molecule has 0 aliphatic heterocycles. The lowest BCUT2D eigenvalue weighted by Gasteiger charge is -2.00. The van der Waals surface area contributed by atoms with Gasteiger partial charge in [-0.05, 0) is 46.5 Å². The Labute approximate surface area is 154 Å². The van der Waals surface area contributed by atoms with Crippen molar-refractivity contribution in [2.24, 2.45) is 0 Å². The van der Waals surface area contributed by atoms with Crippen LogP contribution in [0.2, 0.25) is 0 Å². The third-order valence-electron chi connectivity index (χ3n) is 4.03. The first-order valence-corrected chi connectivity index (χ1v) is 8.37. The smallest absolute Gasteiger partial charge is 0.118 e. The first kappa shape index (κ1) is 17.3. The van der Waals surface area contributed by atoms with Gasteiger partial charge in [-0.2, -0.15) is 5.26 Å². The van der Waals surface area contributed by atoms with E-state index in [4.69, 9.17) is 10.00 Å². The third-order valence-corrected chi connectivity index (χ3v) is 4.03. The predicted molar refractivity (Wildman–Crippen MR) is 108 cm³/mol. The minimum atomic E-state index is 0.676. The van der Waals surface area contributed by atoms with E-state index in [-0.39, 0.29) is 0 Å². The van der Waals surface area contributed by atoms with Crippen LogP contribution in [-0.2, 0) is 0 Å². The van der Waals surface area contributed by atoms with Gasteiger partial charge in [0, 0.05) is 0 Å². The highest BCUT2D eigenvalue weighted by Crippen LogP contribution is 2.15. The Bertz CT molecular complexity index is 941. The van der Waals surface area contributed by atoms with E-state index in [1.54, 1.807) is 7.11 Å². The number of hydrogen-bond acceptors (Lipinski definition) is 2. The minimum absolute atomic E-state index is 0.676. The molecule has 126 valence electrons. The molecule has 3 aromatic rings. The van der Waals surface area contributed by atoms with Crippen LogP contribution >= 0.6 is 0 Å². The van der Waals surface area contributed by atoms with Crippen LogP contribution in [0, 0.1) is 11.3 Å². The molecule has 0 aliphatic rings. The van der Waals surface area contributed by atoms with Gasteiger partial charge in [0.25, 0.3) is 0 Å². The number of nitriles is 1. The van der Waals surface area contributed by atoms with Gasteiger partial charge < -0.3 is 4.74 Å². The van der Waals surface area contributed by atoms with Gasteiger partial charge >= 0.3 is 0 Å². The van der Waals surface area contributed by atoms with Crippen LogP contribution in [0.15, 0.2) is 72.8 Å². The summed E-state index contributed by atoms with van der Waals surface area (Å²) in [5, 5.41) is 8.82. The summed E-state index contributed by atoms with van der Waals surface area (Å²) in [6.45, 7) is 0. The van der Waals surface area contributed by atoms with Crippen LogP contribution < -0.4 is 4.74 Å². The van der Waals surface area contributed by atoms with Gasteiger partial charge in [0.2, 0.25) is 0 Å². The maximum Gasteiger partial charge on any atom is 0.118 e. The van der Waals surface area contributed by atoms with Crippen molar-refractivity contribution >= 4 is 24.3 Å². The molecule has 0 aromatic heterocycles. The zero-order chi connectivity index (χ0) is 18.2. The van der Waals surface area contributed by atoms with E-state index in [1.807, 2.05) is 54.6 Å². The van der Waals surface area contributed by atoms with Crippen LogP contribution in [0.1, 0.15) is 27.8 Å². The normalized spacial score (nSPS) is 10.9. The van der Waals surface area contributed by atoms with Crippen molar-refractivity contribution in [1.29, 1.82) is 5.26 Å². The number of hydrogen-bond donors (Lipinski definition) is 0. The zero-order valence-corrected chi connectivity index (χ0v) is 14.6. The Hall–Kier alpha value is -3.57. The first-order chi connectivity index (χ1) is 12.8. The molecule has 0 heterocycles. The van der Waals surface area contributed by atoms with Crippen molar-refractivity contribution in [2.45, 2.75) is 0 Å². The number of benzene rings is 3. The molecule has 0 atom stereocenters. The van der Waals surface area contributed by atoms with Crippen molar-refractivity contribution in [3.05, 3.63) is 101 Å². The van der Waals surface area contributed by atoms with E-state index < -0.39 is 0 Å². The highest BCUT2D eigenvalue weighted by molar-refractivity contribution is 5.73. The van der Waals surface area contributed by atoms with Crippen molar-refractivity contribution in [1.82, 2.24) is 0 Å². The predicted octanol–water partition coefficient (Wildman–Crippen LogP) is 5.91. The van der Waals surface area contributed by atoms with Crippen LogP contribution in [0.5, 0.6) is 5.75 Å². The zero-order valence-electron chi connectivity index (χ0n) is 14.6. The third kappa shape index (κ3) is 4.72. The highest BCUT2D eigenvalue weighted by atomic mass is 16.5. The molecule has 2 heteroatoms. The Morgan fingerprint density at radius 3 is 1.31 bits per heavy atom. The van der Waals surface area contributed by atoms with E-state index in [0.717, 1.165) is 28.0 Å². The molecule has 3 rings (SSSR count). The second kappa shape index (κ2) is 8.50. The van der Waals surface area contributed by atoms with E-state index in [2.05, 4.69) is 48.6 Å². The molecular formula is C24H19NO. The second-order valence-electron chi connectivity index (χ2n) is 5.84. The molecule has 0 spiro atoms. The summed E-state index contributed by atoms with van der Waals surface area (Å²) < 4.78 is 5.17. The van der Waals surface area contributed by atoms with E-state index in [0.29, 0.717) is 5.56 Å². The van der Waals surface area contributed by atoms with Crippen LogP contribution in [0.3, 0.4) is 0 Å². The largest absolute Gasteiger partial charge is 0.497 e. The van der Waals surface area contributed by atoms with Gasteiger partial charge in [0.1, 0.15) is 5.75 Å². The minimum Gasteiger partial charge on any atom is -0.497 e. The van der Waals surface area contributed by atoms with E-state index in [9.17, 15) is 0 Å². The molecular weight excluding hydrogens is 318 g/mol. The molecule has 0 amide bonds. The highest BCUT2D eigenvalue weighted by Gasteiger charge is 1.93. The van der Waals surface area contributed by atoms with Gasteiger partial charge in [0.15, 0.2) is 0 Å².